The first-order valence-corrected chi connectivity index (χ1v) is 8.91. The second-order valence-electron chi connectivity index (χ2n) is 6.35. The molecule has 0 bridgehead atoms. The first-order valence-electron chi connectivity index (χ1n) is 8.91. The van der Waals surface area contributed by atoms with Crippen molar-refractivity contribution in [3.8, 4) is 11.8 Å². The van der Waals surface area contributed by atoms with Crippen molar-refractivity contribution in [1.82, 2.24) is 0 Å². The summed E-state index contributed by atoms with van der Waals surface area (Å²) >= 11 is 0. The number of carboxylic acids is 1. The Balaban J connectivity index is 3.73. The fourth-order valence-electron chi connectivity index (χ4n) is 2.30. The Labute approximate surface area is 154 Å². The zero-order valence-corrected chi connectivity index (χ0v) is 15.0. The molecule has 0 fully saturated rings. The van der Waals surface area contributed by atoms with E-state index in [2.05, 4.69) is 11.8 Å². The zero-order chi connectivity index (χ0) is 21.0. The average molecular weight is 406 g/mol. The molecular formula is C18H25F7O2. The summed E-state index contributed by atoms with van der Waals surface area (Å²) in [5.41, 5.74) is 0. The molecule has 27 heavy (non-hydrogen) atoms. The van der Waals surface area contributed by atoms with Gasteiger partial charge in [0.1, 0.15) is 0 Å². The number of unbranched alkanes of at least 4 members (excludes halogenated alkanes) is 8. The summed E-state index contributed by atoms with van der Waals surface area (Å²) in [6.45, 7) is 0. The molecule has 0 saturated heterocycles. The maximum Gasteiger partial charge on any atom is 0.459 e. The van der Waals surface area contributed by atoms with Crippen molar-refractivity contribution in [1.29, 1.82) is 0 Å². The summed E-state index contributed by atoms with van der Waals surface area (Å²) in [5, 5.41) is 8.46. The number of hydrogen-bond acceptors (Lipinski definition) is 1. The lowest BCUT2D eigenvalue weighted by Gasteiger charge is -2.28. The third kappa shape index (κ3) is 10.5. The van der Waals surface area contributed by atoms with E-state index in [1.165, 1.54) is 0 Å². The van der Waals surface area contributed by atoms with E-state index in [0.717, 1.165) is 25.7 Å². The molecule has 0 aliphatic rings. The van der Waals surface area contributed by atoms with Gasteiger partial charge in [-0.3, -0.25) is 4.79 Å². The summed E-state index contributed by atoms with van der Waals surface area (Å²) in [7, 11) is 0. The smallest absolute Gasteiger partial charge is 0.459 e. The first-order chi connectivity index (χ1) is 12.4. The number of halogens is 7. The molecule has 0 aliphatic carbocycles. The maximum absolute atomic E-state index is 13.0. The number of alkyl halides is 7. The van der Waals surface area contributed by atoms with Crippen LogP contribution in [0.25, 0.3) is 0 Å². The summed E-state index contributed by atoms with van der Waals surface area (Å²) < 4.78 is 87.3. The van der Waals surface area contributed by atoms with Crippen LogP contribution in [0.5, 0.6) is 0 Å². The Bertz CT molecular complexity index is 490. The van der Waals surface area contributed by atoms with E-state index in [-0.39, 0.29) is 12.8 Å². The van der Waals surface area contributed by atoms with Gasteiger partial charge in [0.25, 0.3) is 0 Å². The van der Waals surface area contributed by atoms with E-state index < -0.39 is 36.8 Å². The third-order valence-corrected chi connectivity index (χ3v) is 3.93. The van der Waals surface area contributed by atoms with Gasteiger partial charge in [-0.25, -0.2) is 0 Å². The van der Waals surface area contributed by atoms with Crippen LogP contribution in [0.4, 0.5) is 30.7 Å². The molecule has 2 nitrogen and oxygen atoms in total. The second kappa shape index (κ2) is 12.1. The topological polar surface area (TPSA) is 37.3 Å². The van der Waals surface area contributed by atoms with Crippen molar-refractivity contribution in [3.05, 3.63) is 0 Å². The summed E-state index contributed by atoms with van der Waals surface area (Å²) in [6, 6.07) is 0. The Kier molecular flexibility index (Phi) is 11.4. The molecule has 0 aromatic heterocycles. The minimum Gasteiger partial charge on any atom is -0.481 e. The summed E-state index contributed by atoms with van der Waals surface area (Å²) in [5.74, 6) is -6.24. The minimum atomic E-state index is -6.27. The van der Waals surface area contributed by atoms with Gasteiger partial charge >= 0.3 is 24.0 Å². The Hall–Kier alpha value is -1.46. The molecule has 0 aromatic carbocycles. The molecule has 1 N–H and O–H groups in total. The molecule has 9 heteroatoms. The fourth-order valence-corrected chi connectivity index (χ4v) is 2.30. The molecule has 0 aromatic rings. The highest BCUT2D eigenvalue weighted by Crippen LogP contribution is 2.48. The number of carbonyl (C=O) groups is 1. The van der Waals surface area contributed by atoms with Crippen molar-refractivity contribution < 1.29 is 40.6 Å². The van der Waals surface area contributed by atoms with Gasteiger partial charge in [0.15, 0.2) is 0 Å². The van der Waals surface area contributed by atoms with Crippen LogP contribution in [0.1, 0.15) is 77.0 Å². The normalized spacial score (nSPS) is 12.6. The molecule has 0 amide bonds. The van der Waals surface area contributed by atoms with E-state index in [0.29, 0.717) is 25.7 Å². The highest BCUT2D eigenvalue weighted by molar-refractivity contribution is 5.66. The fraction of sp³-hybridized carbons (Fsp3) is 0.833. The number of aliphatic carboxylic acids is 1. The van der Waals surface area contributed by atoms with Gasteiger partial charge in [-0.15, -0.1) is 11.8 Å². The maximum atomic E-state index is 13.0. The zero-order valence-electron chi connectivity index (χ0n) is 15.0. The van der Waals surface area contributed by atoms with Crippen LogP contribution in [0.3, 0.4) is 0 Å². The average Bonchev–Trinajstić information content (AvgIpc) is 2.53. The Morgan fingerprint density at radius 3 is 1.63 bits per heavy atom. The van der Waals surface area contributed by atoms with Crippen molar-refractivity contribution in [2.75, 3.05) is 0 Å². The lowest BCUT2D eigenvalue weighted by atomic mass is 10.0. The van der Waals surface area contributed by atoms with Crippen LogP contribution in [0.15, 0.2) is 0 Å². The molecule has 0 heterocycles. The Morgan fingerprint density at radius 1 is 0.704 bits per heavy atom. The lowest BCUT2D eigenvalue weighted by molar-refractivity contribution is -0.355. The molecule has 0 unspecified atom stereocenters. The van der Waals surface area contributed by atoms with E-state index >= 15 is 0 Å². The van der Waals surface area contributed by atoms with E-state index in [4.69, 9.17) is 5.11 Å². The standard InChI is InChI=1S/C18H25F7O2/c19-16(20,17(21,22)18(23,24)25)14-12-10-8-6-4-2-1-3-5-7-9-11-13-15(26)27/h1,3,5-14H2,(H,26,27). The monoisotopic (exact) mass is 406 g/mol. The van der Waals surface area contributed by atoms with Gasteiger partial charge in [-0.05, 0) is 25.7 Å². The van der Waals surface area contributed by atoms with E-state index in [9.17, 15) is 35.5 Å². The summed E-state index contributed by atoms with van der Waals surface area (Å²) in [4.78, 5) is 10.3. The molecule has 0 atom stereocenters. The van der Waals surface area contributed by atoms with Crippen LogP contribution in [-0.4, -0.2) is 29.1 Å². The van der Waals surface area contributed by atoms with Crippen molar-refractivity contribution in [2.24, 2.45) is 0 Å². The van der Waals surface area contributed by atoms with E-state index in [1.54, 1.807) is 0 Å². The second-order valence-corrected chi connectivity index (χ2v) is 6.35. The van der Waals surface area contributed by atoms with Crippen molar-refractivity contribution in [3.63, 3.8) is 0 Å². The quantitative estimate of drug-likeness (QED) is 0.213. The lowest BCUT2D eigenvalue weighted by Crippen LogP contribution is -2.51. The molecule has 0 aliphatic heterocycles. The largest absolute Gasteiger partial charge is 0.481 e. The predicted molar refractivity (Wildman–Crippen MR) is 86.8 cm³/mol. The van der Waals surface area contributed by atoms with Crippen LogP contribution in [-0.2, 0) is 4.79 Å². The minimum absolute atomic E-state index is 0.0990. The van der Waals surface area contributed by atoms with Crippen molar-refractivity contribution in [2.45, 2.75) is 95.1 Å². The Morgan fingerprint density at radius 2 is 1.15 bits per heavy atom. The van der Waals surface area contributed by atoms with Gasteiger partial charge in [-0.1, -0.05) is 25.7 Å². The van der Waals surface area contributed by atoms with Crippen LogP contribution >= 0.6 is 0 Å². The van der Waals surface area contributed by atoms with Crippen LogP contribution in [0.2, 0.25) is 0 Å². The van der Waals surface area contributed by atoms with Gasteiger partial charge in [0.05, 0.1) is 0 Å². The first kappa shape index (κ1) is 25.5. The third-order valence-electron chi connectivity index (χ3n) is 3.93. The van der Waals surface area contributed by atoms with Gasteiger partial charge < -0.3 is 5.11 Å². The van der Waals surface area contributed by atoms with Gasteiger partial charge in [0.2, 0.25) is 0 Å². The van der Waals surface area contributed by atoms with Crippen LogP contribution < -0.4 is 0 Å². The molecule has 0 radical (unpaired) electrons. The summed E-state index contributed by atoms with van der Waals surface area (Å²) in [6.07, 6.45) is -2.37. The molecule has 158 valence electrons. The van der Waals surface area contributed by atoms with Crippen molar-refractivity contribution >= 4 is 5.97 Å². The number of hydrogen-bond donors (Lipinski definition) is 1. The molecule has 0 saturated carbocycles. The molecular weight excluding hydrogens is 381 g/mol. The predicted octanol–water partition coefficient (Wildman–Crippen LogP) is 6.59. The molecule has 0 rings (SSSR count). The highest BCUT2D eigenvalue weighted by atomic mass is 19.4. The highest BCUT2D eigenvalue weighted by Gasteiger charge is 2.72. The van der Waals surface area contributed by atoms with Crippen LogP contribution in [0, 0.1) is 11.8 Å². The molecule has 0 spiro atoms. The number of carboxylic acid groups (broad SMARTS) is 1. The van der Waals surface area contributed by atoms with Gasteiger partial charge in [-0.2, -0.15) is 30.7 Å². The van der Waals surface area contributed by atoms with E-state index in [1.807, 2.05) is 0 Å². The SMILES string of the molecule is O=C(O)CCCCCCCC#CCCCCCC(F)(F)C(F)(F)C(F)(F)F. The van der Waals surface area contributed by atoms with Gasteiger partial charge in [0, 0.05) is 25.7 Å². The number of rotatable bonds is 13.